The van der Waals surface area contributed by atoms with Gasteiger partial charge in [-0.25, -0.2) is 4.98 Å². The van der Waals surface area contributed by atoms with E-state index in [2.05, 4.69) is 187 Å². The molecule has 10 aromatic carbocycles. The van der Waals surface area contributed by atoms with Crippen LogP contribution in [0, 0.1) is 0 Å². The molecule has 0 aliphatic heterocycles. The molecule has 14 rings (SSSR count). The van der Waals surface area contributed by atoms with Crippen LogP contribution in [0.4, 0.5) is 0 Å². The third kappa shape index (κ3) is 6.71. The molecule has 14 aromatic rings. The molecular formula is C63H42N4OS. The molecule has 4 aromatic heterocycles. The van der Waals surface area contributed by atoms with Crippen molar-refractivity contribution in [1.82, 2.24) is 19.5 Å². The zero-order chi connectivity index (χ0) is 46.0. The summed E-state index contributed by atoms with van der Waals surface area (Å²) in [7, 11) is 0. The lowest BCUT2D eigenvalue weighted by atomic mass is 9.92. The van der Waals surface area contributed by atoms with Gasteiger partial charge in [-0.2, -0.15) is 9.97 Å². The summed E-state index contributed by atoms with van der Waals surface area (Å²) in [5, 5.41) is 9.30. The largest absolute Gasteiger partial charge is 0.456 e. The molecule has 0 saturated heterocycles. The van der Waals surface area contributed by atoms with Gasteiger partial charge < -0.3 is 4.42 Å². The first-order valence-corrected chi connectivity index (χ1v) is 24.3. The Morgan fingerprint density at radius 2 is 1.00 bits per heavy atom. The quantitative estimate of drug-likeness (QED) is 0.167. The van der Waals surface area contributed by atoms with E-state index >= 15 is 0 Å². The van der Waals surface area contributed by atoms with Gasteiger partial charge in [0.2, 0.25) is 5.95 Å². The van der Waals surface area contributed by atoms with Gasteiger partial charge in [0, 0.05) is 58.4 Å². The van der Waals surface area contributed by atoms with Gasteiger partial charge in [-0.3, -0.25) is 4.57 Å². The minimum absolute atomic E-state index is 0.533. The van der Waals surface area contributed by atoms with Gasteiger partial charge in [0.25, 0.3) is 0 Å². The summed E-state index contributed by atoms with van der Waals surface area (Å²) in [5.41, 5.74) is 12.3. The summed E-state index contributed by atoms with van der Waals surface area (Å²) in [6.45, 7) is 4.00. The fourth-order valence-corrected chi connectivity index (χ4v) is 11.4. The van der Waals surface area contributed by atoms with E-state index in [1.807, 2.05) is 61.6 Å². The highest BCUT2D eigenvalue weighted by Gasteiger charge is 2.23. The predicted octanol–water partition coefficient (Wildman–Crippen LogP) is 17.8. The highest BCUT2D eigenvalue weighted by Crippen LogP contribution is 2.45. The molecule has 0 spiro atoms. The normalized spacial score (nSPS) is 11.6. The van der Waals surface area contributed by atoms with E-state index < -0.39 is 0 Å². The van der Waals surface area contributed by atoms with Crippen LogP contribution in [-0.4, -0.2) is 19.5 Å². The number of hydrogen-bond donors (Lipinski definition) is 0. The van der Waals surface area contributed by atoms with E-state index in [4.69, 9.17) is 19.4 Å². The summed E-state index contributed by atoms with van der Waals surface area (Å²) >= 11 is 1.86. The molecule has 0 bridgehead atoms. The van der Waals surface area contributed by atoms with Gasteiger partial charge in [-0.1, -0.05) is 184 Å². The van der Waals surface area contributed by atoms with Crippen molar-refractivity contribution in [2.24, 2.45) is 0 Å². The molecular weight excluding hydrogens is 861 g/mol. The van der Waals surface area contributed by atoms with Crippen molar-refractivity contribution >= 4 is 86.0 Å². The first-order valence-electron chi connectivity index (χ1n) is 23.5. The zero-order valence-corrected chi connectivity index (χ0v) is 38.7. The molecule has 0 amide bonds. The SMILES string of the molecule is CC.c1ccc(-c2cc(-c3cccc4c3sc3ccccc34)cc(-c3cccc4c5c6ccccc6ccc5n(-c5nc(-c6ccccc6)nc(-c6ccc7c(c6)oc6ccccc67)n5)c34)c2)cc1. The van der Waals surface area contributed by atoms with E-state index in [1.165, 1.54) is 36.5 Å². The van der Waals surface area contributed by atoms with E-state index in [0.717, 1.165) is 82.7 Å². The average Bonchev–Trinajstić information content (AvgIpc) is 4.11. The van der Waals surface area contributed by atoms with Crippen LogP contribution in [0.25, 0.3) is 137 Å². The Hall–Kier alpha value is -8.71. The monoisotopic (exact) mass is 902 g/mol. The lowest BCUT2D eigenvalue weighted by molar-refractivity contribution is 0.669. The van der Waals surface area contributed by atoms with Crippen LogP contribution in [0.2, 0.25) is 0 Å². The maximum Gasteiger partial charge on any atom is 0.238 e. The Morgan fingerprint density at radius 3 is 1.81 bits per heavy atom. The highest BCUT2D eigenvalue weighted by atomic mass is 32.1. The molecule has 6 heteroatoms. The van der Waals surface area contributed by atoms with Crippen molar-refractivity contribution < 1.29 is 4.42 Å². The Bertz CT molecular complexity index is 4280. The molecule has 5 nitrogen and oxygen atoms in total. The minimum atomic E-state index is 0.533. The van der Waals surface area contributed by atoms with Gasteiger partial charge in [-0.05, 0) is 87.1 Å². The number of para-hydroxylation sites is 2. The van der Waals surface area contributed by atoms with Crippen LogP contribution in [0.15, 0.2) is 223 Å². The van der Waals surface area contributed by atoms with E-state index in [9.17, 15) is 0 Å². The Labute approximate surface area is 402 Å². The van der Waals surface area contributed by atoms with Crippen molar-refractivity contribution in [3.8, 4) is 62.1 Å². The maximum atomic E-state index is 6.40. The fourth-order valence-electron chi connectivity index (χ4n) is 10.2. The predicted molar refractivity (Wildman–Crippen MR) is 290 cm³/mol. The average molecular weight is 903 g/mol. The molecule has 0 aliphatic carbocycles. The Kier molecular flexibility index (Phi) is 9.73. The number of hydrogen-bond acceptors (Lipinski definition) is 5. The number of aromatic nitrogens is 4. The maximum absolute atomic E-state index is 6.40. The van der Waals surface area contributed by atoms with Gasteiger partial charge in [0.15, 0.2) is 11.6 Å². The molecule has 0 aliphatic rings. The van der Waals surface area contributed by atoms with E-state index in [-0.39, 0.29) is 0 Å². The van der Waals surface area contributed by atoms with Crippen molar-refractivity contribution in [3.63, 3.8) is 0 Å². The first-order chi connectivity index (χ1) is 34.2. The lowest BCUT2D eigenvalue weighted by Crippen LogP contribution is -2.07. The van der Waals surface area contributed by atoms with Crippen molar-refractivity contribution in [2.45, 2.75) is 13.8 Å². The van der Waals surface area contributed by atoms with Crippen LogP contribution in [-0.2, 0) is 0 Å². The van der Waals surface area contributed by atoms with Gasteiger partial charge in [0.05, 0.1) is 11.0 Å². The third-order valence-electron chi connectivity index (χ3n) is 13.2. The van der Waals surface area contributed by atoms with Crippen LogP contribution in [0.1, 0.15) is 13.8 Å². The molecule has 0 N–H and O–H groups in total. The molecule has 326 valence electrons. The molecule has 69 heavy (non-hydrogen) atoms. The second kappa shape index (κ2) is 16.6. The van der Waals surface area contributed by atoms with Crippen molar-refractivity contribution in [2.75, 3.05) is 0 Å². The number of fused-ring (bicyclic) bond motifs is 11. The zero-order valence-electron chi connectivity index (χ0n) is 37.9. The topological polar surface area (TPSA) is 56.7 Å². The molecule has 4 heterocycles. The van der Waals surface area contributed by atoms with Gasteiger partial charge in [0.1, 0.15) is 11.2 Å². The summed E-state index contributed by atoms with van der Waals surface area (Å²) in [6, 6.07) is 77.6. The number of thiophene rings is 1. The fraction of sp³-hybridized carbons (Fsp3) is 0.0317. The van der Waals surface area contributed by atoms with Crippen molar-refractivity contribution in [3.05, 3.63) is 218 Å². The second-order valence-corrected chi connectivity index (χ2v) is 18.2. The summed E-state index contributed by atoms with van der Waals surface area (Å²) in [6.07, 6.45) is 0. The van der Waals surface area contributed by atoms with Gasteiger partial charge in [-0.15, -0.1) is 11.3 Å². The molecule has 0 fully saturated rings. The Morgan fingerprint density at radius 1 is 0.391 bits per heavy atom. The minimum Gasteiger partial charge on any atom is -0.456 e. The number of rotatable bonds is 6. The molecule has 0 radical (unpaired) electrons. The number of furan rings is 1. The van der Waals surface area contributed by atoms with E-state index in [0.29, 0.717) is 17.6 Å². The lowest BCUT2D eigenvalue weighted by Gasteiger charge is -2.15. The number of benzene rings is 10. The number of nitrogens with zero attached hydrogens (tertiary/aromatic N) is 4. The second-order valence-electron chi connectivity index (χ2n) is 17.1. The molecule has 0 saturated carbocycles. The standard InChI is InChI=1S/C61H36N4OS.C2H6/c1-3-15-37(16-4-1)41-33-42(35-43(34-41)46-24-14-25-50-49-22-10-12-28-55(49)67-58(46)50)45-23-13-26-51-56-44-20-8-7-17-38(44)30-32-52(56)65(57(45)51)61-63-59(39-18-5-2-6-19-39)62-60(64-61)40-29-31-48-47-21-9-11-27-53(47)66-54(48)36-40;1-2/h1-36H;1-2H3. The van der Waals surface area contributed by atoms with Crippen LogP contribution >= 0.6 is 11.3 Å². The summed E-state index contributed by atoms with van der Waals surface area (Å²) in [5.74, 6) is 1.68. The molecule has 0 atom stereocenters. The van der Waals surface area contributed by atoms with Crippen LogP contribution in [0.3, 0.4) is 0 Å². The van der Waals surface area contributed by atoms with Gasteiger partial charge >= 0.3 is 0 Å². The highest BCUT2D eigenvalue weighted by molar-refractivity contribution is 7.26. The summed E-state index contributed by atoms with van der Waals surface area (Å²) in [4.78, 5) is 16.0. The van der Waals surface area contributed by atoms with Crippen molar-refractivity contribution in [1.29, 1.82) is 0 Å². The Balaban J connectivity index is 0.00000232. The third-order valence-corrected chi connectivity index (χ3v) is 14.5. The van der Waals surface area contributed by atoms with Crippen LogP contribution in [0.5, 0.6) is 0 Å². The molecule has 0 unspecified atom stereocenters. The first kappa shape index (κ1) is 40.6. The van der Waals surface area contributed by atoms with Crippen LogP contribution < -0.4 is 0 Å². The smallest absolute Gasteiger partial charge is 0.238 e. The van der Waals surface area contributed by atoms with E-state index in [1.54, 1.807) is 0 Å². The summed E-state index contributed by atoms with van der Waals surface area (Å²) < 4.78 is 11.2.